The monoisotopic (exact) mass is 404 g/mol. The fourth-order valence-corrected chi connectivity index (χ4v) is 3.35. The number of nitrogens with zero attached hydrogens (tertiary/aromatic N) is 2. The lowest BCUT2D eigenvalue weighted by atomic mass is 10.1. The maximum atomic E-state index is 13.3. The molecule has 0 unspecified atom stereocenters. The highest BCUT2D eigenvalue weighted by molar-refractivity contribution is 6.22. The zero-order valence-corrected chi connectivity index (χ0v) is 17.6. The van der Waals surface area contributed by atoms with Crippen molar-refractivity contribution in [3.63, 3.8) is 0 Å². The smallest absolute Gasteiger partial charge is 0.332 e. The number of urea groups is 1. The predicted octanol–water partition coefficient (Wildman–Crippen LogP) is 2.98. The van der Waals surface area contributed by atoms with Crippen molar-refractivity contribution in [2.45, 2.75) is 51.7 Å². The van der Waals surface area contributed by atoms with Gasteiger partial charge in [-0.2, -0.15) is 0 Å². The van der Waals surface area contributed by atoms with Crippen molar-refractivity contribution in [1.29, 1.82) is 0 Å². The number of ether oxygens (including phenoxy) is 3. The van der Waals surface area contributed by atoms with E-state index in [0.29, 0.717) is 29.6 Å². The minimum atomic E-state index is -0.895. The van der Waals surface area contributed by atoms with E-state index in [1.807, 2.05) is 0 Å². The largest absolute Gasteiger partial charge is 0.497 e. The van der Waals surface area contributed by atoms with Gasteiger partial charge in [0.25, 0.3) is 5.91 Å². The fraction of sp³-hybridized carbons (Fsp3) is 0.571. The number of hydrogen-bond acceptors (Lipinski definition) is 6. The van der Waals surface area contributed by atoms with E-state index >= 15 is 0 Å². The van der Waals surface area contributed by atoms with Crippen LogP contribution in [-0.4, -0.2) is 55.2 Å². The van der Waals surface area contributed by atoms with Crippen molar-refractivity contribution < 1.29 is 28.6 Å². The molecule has 1 saturated heterocycles. The summed E-state index contributed by atoms with van der Waals surface area (Å²) in [6.45, 7) is 5.74. The lowest BCUT2D eigenvalue weighted by Crippen LogP contribution is -2.39. The molecule has 1 atom stereocenters. The molecule has 29 heavy (non-hydrogen) atoms. The second-order valence-electron chi connectivity index (χ2n) is 8.40. The van der Waals surface area contributed by atoms with Crippen molar-refractivity contribution in [2.24, 2.45) is 5.92 Å². The Hall–Kier alpha value is -2.77. The quantitative estimate of drug-likeness (QED) is 0.513. The maximum absolute atomic E-state index is 13.3. The highest BCUT2D eigenvalue weighted by Crippen LogP contribution is 2.39. The normalized spacial score (nSPS) is 19.6. The van der Waals surface area contributed by atoms with E-state index in [4.69, 9.17) is 14.2 Å². The first-order valence-corrected chi connectivity index (χ1v) is 9.73. The SMILES string of the molecule is COc1ccc(OC)c(N2C(=O)[C@H](CC(=O)OC(C)(C)C)N(CC3CC3)C2=O)c1. The molecule has 1 aliphatic heterocycles. The molecule has 0 bridgehead atoms. The molecule has 158 valence electrons. The van der Waals surface area contributed by atoms with Crippen LogP contribution in [0.2, 0.25) is 0 Å². The summed E-state index contributed by atoms with van der Waals surface area (Å²) < 4.78 is 16.0. The summed E-state index contributed by atoms with van der Waals surface area (Å²) >= 11 is 0. The molecule has 0 spiro atoms. The minimum absolute atomic E-state index is 0.183. The Morgan fingerprint density at radius 1 is 1.14 bits per heavy atom. The average Bonchev–Trinajstić information content (AvgIpc) is 3.43. The Balaban J connectivity index is 1.92. The molecule has 8 heteroatoms. The molecule has 0 radical (unpaired) electrons. The number of carbonyl (C=O) groups excluding carboxylic acids is 3. The van der Waals surface area contributed by atoms with Gasteiger partial charge in [0, 0.05) is 12.6 Å². The van der Waals surface area contributed by atoms with Crippen LogP contribution < -0.4 is 14.4 Å². The summed E-state index contributed by atoms with van der Waals surface area (Å²) in [7, 11) is 2.97. The number of anilines is 1. The Morgan fingerprint density at radius 2 is 1.83 bits per heavy atom. The molecule has 8 nitrogen and oxygen atoms in total. The Kier molecular flexibility index (Phi) is 5.73. The first-order valence-electron chi connectivity index (χ1n) is 9.73. The second kappa shape index (κ2) is 7.93. The lowest BCUT2D eigenvalue weighted by Gasteiger charge is -2.24. The highest BCUT2D eigenvalue weighted by atomic mass is 16.6. The van der Waals surface area contributed by atoms with E-state index in [0.717, 1.165) is 17.7 Å². The van der Waals surface area contributed by atoms with Gasteiger partial charge in [0.05, 0.1) is 26.3 Å². The van der Waals surface area contributed by atoms with Gasteiger partial charge in [-0.25, -0.2) is 9.69 Å². The second-order valence-corrected chi connectivity index (χ2v) is 8.40. The number of carbonyl (C=O) groups is 3. The van der Waals surface area contributed by atoms with Crippen LogP contribution >= 0.6 is 0 Å². The number of hydrogen-bond donors (Lipinski definition) is 0. The van der Waals surface area contributed by atoms with Gasteiger partial charge < -0.3 is 19.1 Å². The van der Waals surface area contributed by atoms with Gasteiger partial charge in [-0.3, -0.25) is 9.59 Å². The van der Waals surface area contributed by atoms with Gasteiger partial charge in [0.1, 0.15) is 23.1 Å². The van der Waals surface area contributed by atoms with Gasteiger partial charge in [-0.15, -0.1) is 0 Å². The molecule has 1 aromatic rings. The first-order chi connectivity index (χ1) is 13.6. The van der Waals surface area contributed by atoms with Gasteiger partial charge in [-0.1, -0.05) is 0 Å². The molecule has 3 amide bonds. The summed E-state index contributed by atoms with van der Waals surface area (Å²) in [5.41, 5.74) is -0.367. The first kappa shape index (κ1) is 21.0. The molecule has 0 aromatic heterocycles. The molecule has 1 aromatic carbocycles. The zero-order chi connectivity index (χ0) is 21.3. The molecule has 2 aliphatic rings. The standard InChI is InChI=1S/C21H28N2O6/c1-21(2,3)29-18(24)11-16-19(25)23(20(26)22(16)12-13-6-7-13)15-10-14(27-4)8-9-17(15)28-5/h8-10,13,16H,6-7,11-12H2,1-5H3/t16-/m0/s1. The number of imide groups is 1. The summed E-state index contributed by atoms with van der Waals surface area (Å²) in [6, 6.07) is 3.56. The Bertz CT molecular complexity index is 812. The number of amides is 3. The molecule has 1 heterocycles. The van der Waals surface area contributed by atoms with E-state index in [9.17, 15) is 14.4 Å². The van der Waals surface area contributed by atoms with Gasteiger partial charge >= 0.3 is 12.0 Å². The third-order valence-electron chi connectivity index (χ3n) is 4.88. The van der Waals surface area contributed by atoms with Crippen LogP contribution in [0.4, 0.5) is 10.5 Å². The number of methoxy groups -OCH3 is 2. The molecule has 0 N–H and O–H groups in total. The third-order valence-corrected chi connectivity index (χ3v) is 4.88. The maximum Gasteiger partial charge on any atom is 0.332 e. The molecular formula is C21H28N2O6. The van der Waals surface area contributed by atoms with Crippen molar-refractivity contribution in [2.75, 3.05) is 25.7 Å². The van der Waals surface area contributed by atoms with Gasteiger partial charge in [-0.05, 0) is 51.7 Å². The van der Waals surface area contributed by atoms with Crippen LogP contribution in [0.5, 0.6) is 11.5 Å². The van der Waals surface area contributed by atoms with Crippen LogP contribution in [-0.2, 0) is 14.3 Å². The Labute approximate surface area is 170 Å². The van der Waals surface area contributed by atoms with Crippen molar-refractivity contribution in [3.8, 4) is 11.5 Å². The van der Waals surface area contributed by atoms with Crippen molar-refractivity contribution >= 4 is 23.6 Å². The van der Waals surface area contributed by atoms with Gasteiger partial charge in [0.15, 0.2) is 0 Å². The molecule has 2 fully saturated rings. The van der Waals surface area contributed by atoms with Crippen LogP contribution in [0.1, 0.15) is 40.0 Å². The molecular weight excluding hydrogens is 376 g/mol. The number of esters is 1. The summed E-state index contributed by atoms with van der Waals surface area (Å²) in [4.78, 5) is 41.4. The molecule has 1 aliphatic carbocycles. The van der Waals surface area contributed by atoms with Crippen LogP contribution in [0, 0.1) is 5.92 Å². The van der Waals surface area contributed by atoms with Crippen LogP contribution in [0.25, 0.3) is 0 Å². The van der Waals surface area contributed by atoms with Gasteiger partial charge in [0.2, 0.25) is 0 Å². The Morgan fingerprint density at radius 3 is 2.38 bits per heavy atom. The molecule has 1 saturated carbocycles. The van der Waals surface area contributed by atoms with E-state index in [-0.39, 0.29) is 6.42 Å². The predicted molar refractivity (Wildman–Crippen MR) is 106 cm³/mol. The van der Waals surface area contributed by atoms with E-state index < -0.39 is 29.6 Å². The van der Waals surface area contributed by atoms with Crippen LogP contribution in [0.15, 0.2) is 18.2 Å². The lowest BCUT2D eigenvalue weighted by molar-refractivity contribution is -0.156. The number of rotatable bonds is 7. The van der Waals surface area contributed by atoms with Crippen molar-refractivity contribution in [3.05, 3.63) is 18.2 Å². The topological polar surface area (TPSA) is 85.4 Å². The minimum Gasteiger partial charge on any atom is -0.497 e. The highest BCUT2D eigenvalue weighted by Gasteiger charge is 2.49. The van der Waals surface area contributed by atoms with E-state index in [1.165, 1.54) is 19.1 Å². The van der Waals surface area contributed by atoms with Crippen molar-refractivity contribution in [1.82, 2.24) is 4.90 Å². The zero-order valence-electron chi connectivity index (χ0n) is 17.6. The van der Waals surface area contributed by atoms with E-state index in [1.54, 1.807) is 39.0 Å². The number of benzene rings is 1. The summed E-state index contributed by atoms with van der Waals surface area (Å²) in [5.74, 6) is 0.250. The summed E-state index contributed by atoms with van der Waals surface area (Å²) in [5, 5.41) is 0. The third kappa shape index (κ3) is 4.63. The fourth-order valence-electron chi connectivity index (χ4n) is 3.35. The average molecular weight is 404 g/mol. The van der Waals surface area contributed by atoms with Crippen LogP contribution in [0.3, 0.4) is 0 Å². The summed E-state index contributed by atoms with van der Waals surface area (Å²) in [6.07, 6.45) is 1.84. The van der Waals surface area contributed by atoms with E-state index in [2.05, 4.69) is 0 Å². The molecule has 3 rings (SSSR count).